The summed E-state index contributed by atoms with van der Waals surface area (Å²) in [6, 6.07) is 0.931. The maximum atomic E-state index is 12.5. The number of hydrogen-bond acceptors (Lipinski definition) is 4. The number of H-pyrrole nitrogens is 1. The average molecular weight is 334 g/mol. The van der Waals surface area contributed by atoms with Gasteiger partial charge in [0.15, 0.2) is 5.01 Å². The molecule has 0 aromatic carbocycles. The number of rotatable bonds is 4. The molecule has 1 aliphatic rings. The molecule has 2 heterocycles. The molecule has 0 radical (unpaired) electrons. The van der Waals surface area contributed by atoms with Crippen LogP contribution in [0.1, 0.15) is 60.8 Å². The lowest BCUT2D eigenvalue weighted by molar-refractivity contribution is 0.0916. The molecule has 1 amide bonds. The highest BCUT2D eigenvalue weighted by atomic mass is 32.1. The molecule has 0 spiro atoms. The van der Waals surface area contributed by atoms with Crippen LogP contribution in [0, 0.1) is 0 Å². The van der Waals surface area contributed by atoms with E-state index in [0.717, 1.165) is 36.0 Å². The minimum Gasteiger partial charge on any atom is -0.351 e. The number of carbonyl (C=O) groups excluding carboxylic acids is 1. The second-order valence-electron chi connectivity index (χ2n) is 7.04. The quantitative estimate of drug-likeness (QED) is 0.901. The van der Waals surface area contributed by atoms with Gasteiger partial charge in [0.1, 0.15) is 10.3 Å². The maximum Gasteiger partial charge on any atom is 0.280 e. The predicted molar refractivity (Wildman–Crippen MR) is 95.3 cm³/mol. The summed E-state index contributed by atoms with van der Waals surface area (Å²) in [6.45, 7) is 4.29. The van der Waals surface area contributed by atoms with Crippen molar-refractivity contribution in [1.82, 2.24) is 20.2 Å². The van der Waals surface area contributed by atoms with E-state index in [1.165, 1.54) is 16.9 Å². The number of nitrogens with one attached hydrogen (secondary N) is 2. The molecule has 1 fully saturated rings. The van der Waals surface area contributed by atoms with Gasteiger partial charge in [-0.3, -0.25) is 4.79 Å². The molecule has 5 nitrogen and oxygen atoms in total. The van der Waals surface area contributed by atoms with Gasteiger partial charge in [0, 0.05) is 18.3 Å². The first-order chi connectivity index (χ1) is 11.0. The Balaban J connectivity index is 1.65. The Morgan fingerprint density at radius 3 is 2.65 bits per heavy atom. The van der Waals surface area contributed by atoms with Crippen LogP contribution in [0.3, 0.4) is 0 Å². The van der Waals surface area contributed by atoms with E-state index >= 15 is 0 Å². The van der Waals surface area contributed by atoms with E-state index in [1.54, 1.807) is 0 Å². The van der Waals surface area contributed by atoms with Crippen LogP contribution >= 0.6 is 11.3 Å². The molecule has 23 heavy (non-hydrogen) atoms. The Morgan fingerprint density at radius 2 is 2.04 bits per heavy atom. The van der Waals surface area contributed by atoms with Gasteiger partial charge in [0.05, 0.1) is 0 Å². The van der Waals surface area contributed by atoms with Gasteiger partial charge in [-0.05, 0) is 51.3 Å². The van der Waals surface area contributed by atoms with Crippen LogP contribution in [-0.2, 0) is 0 Å². The standard InChI is InChI=1S/C17H26N4OS/c1-10(2)13-9-18-16-14(13)20-17(23-16)15(22)19-11-5-7-12(8-6-11)21(3)4/h9-12,18H,5-8H2,1-4H3,(H,19,22). The van der Waals surface area contributed by atoms with Crippen molar-refractivity contribution in [3.05, 3.63) is 16.8 Å². The van der Waals surface area contributed by atoms with Crippen LogP contribution in [0.25, 0.3) is 10.3 Å². The Labute approximate surface area is 141 Å². The van der Waals surface area contributed by atoms with Crippen LogP contribution in [0.5, 0.6) is 0 Å². The molecule has 1 saturated carbocycles. The summed E-state index contributed by atoms with van der Waals surface area (Å²) in [7, 11) is 4.26. The fourth-order valence-corrected chi connectivity index (χ4v) is 4.21. The summed E-state index contributed by atoms with van der Waals surface area (Å²) >= 11 is 1.45. The van der Waals surface area contributed by atoms with E-state index in [9.17, 15) is 4.79 Å². The van der Waals surface area contributed by atoms with Crippen LogP contribution in [0.4, 0.5) is 0 Å². The molecular weight excluding hydrogens is 308 g/mol. The first kappa shape index (κ1) is 16.5. The molecule has 3 rings (SSSR count). The fraction of sp³-hybridized carbons (Fsp3) is 0.647. The highest BCUT2D eigenvalue weighted by Gasteiger charge is 2.25. The summed E-state index contributed by atoms with van der Waals surface area (Å²) in [5, 5.41) is 3.74. The summed E-state index contributed by atoms with van der Waals surface area (Å²) in [5.74, 6) is 0.380. The first-order valence-corrected chi connectivity index (χ1v) is 9.22. The Bertz CT molecular complexity index is 680. The van der Waals surface area contributed by atoms with E-state index in [-0.39, 0.29) is 11.9 Å². The van der Waals surface area contributed by atoms with Crippen molar-refractivity contribution in [1.29, 1.82) is 0 Å². The van der Waals surface area contributed by atoms with E-state index in [4.69, 9.17) is 0 Å². The third-order valence-electron chi connectivity index (χ3n) is 4.84. The topological polar surface area (TPSA) is 61.0 Å². The summed E-state index contributed by atoms with van der Waals surface area (Å²) in [4.78, 5) is 23.6. The van der Waals surface area contributed by atoms with Crippen molar-refractivity contribution in [3.63, 3.8) is 0 Å². The molecule has 6 heteroatoms. The predicted octanol–water partition coefficient (Wildman–Crippen LogP) is 3.35. The number of carbonyl (C=O) groups is 1. The highest BCUT2D eigenvalue weighted by molar-refractivity contribution is 7.19. The number of fused-ring (bicyclic) bond motifs is 1. The molecule has 2 aromatic rings. The smallest absolute Gasteiger partial charge is 0.280 e. The molecule has 126 valence electrons. The molecule has 0 aliphatic heterocycles. The van der Waals surface area contributed by atoms with Crippen LogP contribution in [0.2, 0.25) is 0 Å². The van der Waals surface area contributed by atoms with Gasteiger partial charge in [-0.25, -0.2) is 4.98 Å². The molecule has 0 bridgehead atoms. The summed E-state index contributed by atoms with van der Waals surface area (Å²) in [5.41, 5.74) is 2.13. The monoisotopic (exact) mass is 334 g/mol. The first-order valence-electron chi connectivity index (χ1n) is 8.40. The number of nitrogens with zero attached hydrogens (tertiary/aromatic N) is 2. The summed E-state index contributed by atoms with van der Waals surface area (Å²) < 4.78 is 0. The highest BCUT2D eigenvalue weighted by Crippen LogP contribution is 2.29. The lowest BCUT2D eigenvalue weighted by Gasteiger charge is -2.32. The lowest BCUT2D eigenvalue weighted by atomic mass is 9.90. The molecule has 2 aromatic heterocycles. The fourth-order valence-electron chi connectivity index (χ4n) is 3.35. The molecule has 0 saturated heterocycles. The van der Waals surface area contributed by atoms with E-state index in [1.807, 2.05) is 6.20 Å². The van der Waals surface area contributed by atoms with E-state index in [2.05, 4.69) is 48.1 Å². The van der Waals surface area contributed by atoms with Crippen molar-refractivity contribution in [2.45, 2.75) is 57.5 Å². The molecule has 2 N–H and O–H groups in total. The average Bonchev–Trinajstić information content (AvgIpc) is 3.07. The van der Waals surface area contributed by atoms with Gasteiger partial charge in [0.25, 0.3) is 5.91 Å². The van der Waals surface area contributed by atoms with Crippen LogP contribution < -0.4 is 5.32 Å². The zero-order valence-corrected chi connectivity index (χ0v) is 15.2. The van der Waals surface area contributed by atoms with Gasteiger partial charge in [-0.15, -0.1) is 0 Å². The van der Waals surface area contributed by atoms with E-state index < -0.39 is 0 Å². The molecular formula is C17H26N4OS. The Kier molecular flexibility index (Phi) is 4.73. The van der Waals surface area contributed by atoms with Gasteiger partial charge < -0.3 is 15.2 Å². The van der Waals surface area contributed by atoms with E-state index in [0.29, 0.717) is 17.0 Å². The Hall–Kier alpha value is -1.40. The summed E-state index contributed by atoms with van der Waals surface area (Å²) in [6.07, 6.45) is 6.40. The van der Waals surface area contributed by atoms with Gasteiger partial charge >= 0.3 is 0 Å². The number of aromatic nitrogens is 2. The van der Waals surface area contributed by atoms with Crippen molar-refractivity contribution in [2.24, 2.45) is 0 Å². The van der Waals surface area contributed by atoms with Crippen molar-refractivity contribution >= 4 is 27.6 Å². The minimum atomic E-state index is -0.0254. The van der Waals surface area contributed by atoms with Gasteiger partial charge in [0.2, 0.25) is 0 Å². The second kappa shape index (κ2) is 6.61. The second-order valence-corrected chi connectivity index (χ2v) is 8.04. The molecule has 1 aliphatic carbocycles. The number of thiazole rings is 1. The molecule has 0 unspecified atom stereocenters. The third-order valence-corrected chi connectivity index (χ3v) is 5.82. The largest absolute Gasteiger partial charge is 0.351 e. The zero-order valence-electron chi connectivity index (χ0n) is 14.3. The number of amides is 1. The normalized spacial score (nSPS) is 22.2. The van der Waals surface area contributed by atoms with Crippen molar-refractivity contribution < 1.29 is 4.79 Å². The van der Waals surface area contributed by atoms with Crippen LogP contribution in [-0.4, -0.2) is 47.0 Å². The lowest BCUT2D eigenvalue weighted by Crippen LogP contribution is -2.41. The maximum absolute atomic E-state index is 12.5. The third kappa shape index (κ3) is 3.43. The minimum absolute atomic E-state index is 0.0254. The number of aromatic amines is 1. The van der Waals surface area contributed by atoms with Crippen LogP contribution in [0.15, 0.2) is 6.20 Å². The Morgan fingerprint density at radius 1 is 1.35 bits per heavy atom. The van der Waals surface area contributed by atoms with Crippen molar-refractivity contribution in [3.8, 4) is 0 Å². The van der Waals surface area contributed by atoms with Gasteiger partial charge in [-0.1, -0.05) is 25.2 Å². The van der Waals surface area contributed by atoms with Gasteiger partial charge in [-0.2, -0.15) is 0 Å². The van der Waals surface area contributed by atoms with Crippen molar-refractivity contribution in [2.75, 3.05) is 14.1 Å². The zero-order chi connectivity index (χ0) is 16.6. The molecule has 0 atom stereocenters. The number of hydrogen-bond donors (Lipinski definition) is 2. The SMILES string of the molecule is CC(C)c1c[nH]c2sc(C(=O)NC3CCC(N(C)C)CC3)nc12.